The van der Waals surface area contributed by atoms with Crippen molar-refractivity contribution in [2.45, 2.75) is 12.2 Å². The van der Waals surface area contributed by atoms with Gasteiger partial charge in [0.15, 0.2) is 11.8 Å². The number of thiophene rings is 1. The van der Waals surface area contributed by atoms with Gasteiger partial charge in [0.2, 0.25) is 0 Å². The number of carbonyl (C=O) groups excluding carboxylic acids is 1. The van der Waals surface area contributed by atoms with Crippen molar-refractivity contribution >= 4 is 34.3 Å². The van der Waals surface area contributed by atoms with Crippen molar-refractivity contribution in [3.05, 3.63) is 97.2 Å². The highest BCUT2D eigenvalue weighted by Crippen LogP contribution is 2.39. The van der Waals surface area contributed by atoms with E-state index in [0.717, 1.165) is 16.0 Å². The summed E-state index contributed by atoms with van der Waals surface area (Å²) in [6.07, 6.45) is -4.82. The van der Waals surface area contributed by atoms with E-state index >= 15 is 0 Å². The van der Waals surface area contributed by atoms with Gasteiger partial charge < -0.3 is 20.6 Å². The number of amides is 1. The second kappa shape index (κ2) is 10.5. The average Bonchev–Trinajstić information content (AvgIpc) is 3.40. The monoisotopic (exact) mass is 545 g/mol. The molecule has 4 aromatic rings. The van der Waals surface area contributed by atoms with Crippen LogP contribution in [0.4, 0.5) is 30.2 Å². The van der Waals surface area contributed by atoms with Gasteiger partial charge in [-0.25, -0.2) is 4.68 Å². The highest BCUT2D eigenvalue weighted by atomic mass is 32.1. The van der Waals surface area contributed by atoms with Crippen molar-refractivity contribution < 1.29 is 23.1 Å². The summed E-state index contributed by atoms with van der Waals surface area (Å²) in [6, 6.07) is 12.4. The number of hydrogen-bond donors (Lipinski definition) is 4. The maximum atomic E-state index is 14.0. The van der Waals surface area contributed by atoms with Crippen LogP contribution in [0.5, 0.6) is 5.75 Å². The van der Waals surface area contributed by atoms with E-state index in [2.05, 4.69) is 15.7 Å². The van der Waals surface area contributed by atoms with Crippen LogP contribution in [-0.4, -0.2) is 46.0 Å². The number of benzene rings is 2. The summed E-state index contributed by atoms with van der Waals surface area (Å²) in [5.74, 6) is -1.10. The fraction of sp³-hybridized carbons (Fsp3) is 0.160. The van der Waals surface area contributed by atoms with E-state index in [1.807, 2.05) is 0 Å². The second-order valence-corrected chi connectivity index (χ2v) is 9.31. The number of nitrogens with one attached hydrogen (secondary N) is 3. The minimum atomic E-state index is -4.82. The Morgan fingerprint density at radius 3 is 2.34 bits per heavy atom. The first-order valence-electron chi connectivity index (χ1n) is 11.1. The first kappa shape index (κ1) is 26.5. The number of halogens is 3. The molecule has 2 aromatic carbocycles. The van der Waals surface area contributed by atoms with E-state index < -0.39 is 46.4 Å². The third kappa shape index (κ3) is 5.27. The molecule has 9 nitrogen and oxygen atoms in total. The van der Waals surface area contributed by atoms with Crippen molar-refractivity contribution in [1.29, 1.82) is 0 Å². The Kier molecular flexibility index (Phi) is 7.30. The number of phenols is 1. The van der Waals surface area contributed by atoms with Crippen LogP contribution < -0.4 is 21.8 Å². The molecule has 2 aromatic heterocycles. The normalized spacial score (nSPS) is 12.1. The molecule has 0 aliphatic carbocycles. The minimum Gasteiger partial charge on any atom is -0.505 e. The van der Waals surface area contributed by atoms with Crippen LogP contribution in [0.3, 0.4) is 0 Å². The van der Waals surface area contributed by atoms with Gasteiger partial charge in [0.25, 0.3) is 17.0 Å². The topological polar surface area (TPSA) is 119 Å². The molecule has 0 saturated heterocycles. The summed E-state index contributed by atoms with van der Waals surface area (Å²) in [5, 5.41) is 19.3. The van der Waals surface area contributed by atoms with Gasteiger partial charge in [-0.05, 0) is 35.7 Å². The molecular formula is C25H22F3N5O4S. The molecular weight excluding hydrogens is 523 g/mol. The van der Waals surface area contributed by atoms with Crippen molar-refractivity contribution in [3.63, 3.8) is 0 Å². The molecule has 0 unspecified atom stereocenters. The van der Waals surface area contributed by atoms with Crippen LogP contribution in [0, 0.1) is 0 Å². The molecule has 2 heterocycles. The van der Waals surface area contributed by atoms with E-state index in [0.29, 0.717) is 0 Å². The van der Waals surface area contributed by atoms with Gasteiger partial charge in [0.05, 0.1) is 16.9 Å². The van der Waals surface area contributed by atoms with E-state index in [-0.39, 0.29) is 21.8 Å². The summed E-state index contributed by atoms with van der Waals surface area (Å²) in [7, 11) is 2.95. The van der Waals surface area contributed by atoms with Crippen molar-refractivity contribution in [2.24, 2.45) is 0 Å². The van der Waals surface area contributed by atoms with Gasteiger partial charge in [-0.1, -0.05) is 30.3 Å². The number of H-pyrrole nitrogens is 1. The van der Waals surface area contributed by atoms with Gasteiger partial charge in [0.1, 0.15) is 11.4 Å². The highest BCUT2D eigenvalue weighted by molar-refractivity contribution is 7.10. The number of para-hydroxylation sites is 2. The number of hydrogen-bond acceptors (Lipinski definition) is 7. The van der Waals surface area contributed by atoms with Crippen LogP contribution in [-0.2, 0) is 0 Å². The Labute approximate surface area is 217 Å². The number of aromatic nitrogens is 2. The molecule has 0 fully saturated rings. The summed E-state index contributed by atoms with van der Waals surface area (Å²) in [5.41, 5.74) is -3.22. The molecule has 0 aliphatic heterocycles. The van der Waals surface area contributed by atoms with E-state index in [4.69, 9.17) is 0 Å². The Morgan fingerprint density at radius 1 is 1.03 bits per heavy atom. The predicted octanol–water partition coefficient (Wildman–Crippen LogP) is 4.45. The fourth-order valence-corrected chi connectivity index (χ4v) is 4.46. The van der Waals surface area contributed by atoms with Crippen molar-refractivity contribution in [3.8, 4) is 11.4 Å². The molecule has 0 bridgehead atoms. The third-order valence-corrected chi connectivity index (χ3v) is 6.43. The number of aromatic hydroxyl groups is 1. The third-order valence-electron chi connectivity index (χ3n) is 5.50. The largest absolute Gasteiger partial charge is 0.505 e. The number of anilines is 3. The molecule has 0 aliphatic rings. The van der Waals surface area contributed by atoms with Crippen LogP contribution in [0.1, 0.15) is 21.3 Å². The quantitative estimate of drug-likeness (QED) is 0.255. The number of phenolic OH excluding ortho intramolecular Hbond substituents is 1. The molecule has 1 amide bonds. The van der Waals surface area contributed by atoms with Crippen molar-refractivity contribution in [1.82, 2.24) is 14.7 Å². The lowest BCUT2D eigenvalue weighted by atomic mass is 10.1. The van der Waals surface area contributed by atoms with E-state index in [9.17, 15) is 32.7 Å². The summed E-state index contributed by atoms with van der Waals surface area (Å²) < 4.78 is 43.0. The number of nitrogens with zero attached hydrogens (tertiary/aromatic N) is 2. The Bertz CT molecular complexity index is 1560. The van der Waals surface area contributed by atoms with Crippen LogP contribution >= 0.6 is 11.3 Å². The Hall–Kier alpha value is -4.52. The van der Waals surface area contributed by atoms with E-state index in [1.165, 1.54) is 66.8 Å². The lowest BCUT2D eigenvalue weighted by Crippen LogP contribution is -2.36. The van der Waals surface area contributed by atoms with Crippen LogP contribution in [0.2, 0.25) is 0 Å². The van der Waals surface area contributed by atoms with Crippen molar-refractivity contribution in [2.75, 3.05) is 24.7 Å². The van der Waals surface area contributed by atoms with Crippen LogP contribution in [0.25, 0.3) is 5.69 Å². The lowest BCUT2D eigenvalue weighted by Gasteiger charge is -2.23. The molecule has 13 heteroatoms. The SMILES string of the molecule is CN(C)C(=O)c1cccc(Nc2c(N[C@@H](c3cccs3)C(F)(F)F)c(=O)[nH]n(-c3ccccc3)c2=O)c1O. The number of rotatable bonds is 7. The van der Waals surface area contributed by atoms with Crippen LogP contribution in [0.15, 0.2) is 75.6 Å². The summed E-state index contributed by atoms with van der Waals surface area (Å²) in [6.45, 7) is 0. The number of alkyl halides is 3. The summed E-state index contributed by atoms with van der Waals surface area (Å²) in [4.78, 5) is 40.3. The first-order chi connectivity index (χ1) is 18.0. The van der Waals surface area contributed by atoms with Gasteiger partial charge in [-0.15, -0.1) is 11.3 Å². The molecule has 4 N–H and O–H groups in total. The van der Waals surface area contributed by atoms with E-state index in [1.54, 1.807) is 18.2 Å². The first-order valence-corrected chi connectivity index (χ1v) is 12.0. The molecule has 0 saturated carbocycles. The maximum absolute atomic E-state index is 14.0. The zero-order chi connectivity index (χ0) is 27.6. The van der Waals surface area contributed by atoms with Gasteiger partial charge >= 0.3 is 6.18 Å². The Balaban J connectivity index is 1.91. The standard InChI is InChI=1S/C25H22F3N5O4S/c1-32(2)23(36)15-10-6-11-16(20(15)34)29-19-18(30-21(25(26,27)28)17-12-7-13-38-17)22(35)31-33(24(19)37)14-8-4-3-5-9-14/h3-13,21,29-30,34H,1-2H3,(H,31,35)/t21-/m0/s1. The van der Waals surface area contributed by atoms with Gasteiger partial charge in [0, 0.05) is 19.0 Å². The summed E-state index contributed by atoms with van der Waals surface area (Å²) >= 11 is 0.827. The second-order valence-electron chi connectivity index (χ2n) is 8.33. The fourth-order valence-electron chi connectivity index (χ4n) is 3.66. The zero-order valence-electron chi connectivity index (χ0n) is 20.0. The van der Waals surface area contributed by atoms with Gasteiger partial charge in [-0.3, -0.25) is 19.5 Å². The Morgan fingerprint density at radius 2 is 1.74 bits per heavy atom. The maximum Gasteiger partial charge on any atom is 0.413 e. The number of carbonyl (C=O) groups is 1. The molecule has 1 atom stereocenters. The number of aromatic amines is 1. The molecule has 38 heavy (non-hydrogen) atoms. The molecule has 0 spiro atoms. The predicted molar refractivity (Wildman–Crippen MR) is 139 cm³/mol. The lowest BCUT2D eigenvalue weighted by molar-refractivity contribution is -0.143. The molecule has 198 valence electrons. The van der Waals surface area contributed by atoms with Gasteiger partial charge in [-0.2, -0.15) is 13.2 Å². The molecule has 0 radical (unpaired) electrons. The smallest absolute Gasteiger partial charge is 0.413 e. The zero-order valence-corrected chi connectivity index (χ0v) is 20.9. The highest BCUT2D eigenvalue weighted by Gasteiger charge is 2.42. The average molecular weight is 546 g/mol. The molecule has 4 rings (SSSR count). The minimum absolute atomic E-state index is 0.116.